The summed E-state index contributed by atoms with van der Waals surface area (Å²) < 4.78 is 5.37. The third kappa shape index (κ3) is 8.48. The number of carbonyl (C=O) groups is 3. The van der Waals surface area contributed by atoms with Crippen molar-refractivity contribution < 1.29 is 29.3 Å². The quantitative estimate of drug-likeness (QED) is 0.361. The van der Waals surface area contributed by atoms with Gasteiger partial charge in [-0.05, 0) is 64.2 Å². The first-order chi connectivity index (χ1) is 17.7. The first-order valence-electron chi connectivity index (χ1n) is 12.8. The number of nitrogens with one attached hydrogen (secondary N) is 2. The van der Waals surface area contributed by atoms with Crippen LogP contribution in [0, 0.1) is 19.8 Å². The molecular weight excluding hydrogens is 486 g/mol. The molecule has 2 aromatic carbocycles. The van der Waals surface area contributed by atoms with E-state index in [1.54, 1.807) is 39.0 Å². The van der Waals surface area contributed by atoms with E-state index < -0.39 is 42.2 Å². The van der Waals surface area contributed by atoms with Crippen molar-refractivity contribution in [2.75, 3.05) is 18.5 Å². The van der Waals surface area contributed by atoms with Crippen LogP contribution in [0.2, 0.25) is 0 Å². The fraction of sp³-hybridized carbons (Fsp3) is 0.483. The maximum Gasteiger partial charge on any atom is 0.408 e. The van der Waals surface area contributed by atoms with Gasteiger partial charge in [0.1, 0.15) is 23.4 Å². The van der Waals surface area contributed by atoms with Gasteiger partial charge < -0.3 is 30.5 Å². The smallest absolute Gasteiger partial charge is 0.408 e. The zero-order valence-electron chi connectivity index (χ0n) is 23.4. The number of nitrogens with zero attached hydrogens (tertiary/aromatic N) is 1. The number of aliphatic hydroxyl groups excluding tert-OH is 1. The predicted molar refractivity (Wildman–Crippen MR) is 147 cm³/mol. The molecule has 4 N–H and O–H groups in total. The van der Waals surface area contributed by atoms with Gasteiger partial charge in [-0.15, -0.1) is 0 Å². The van der Waals surface area contributed by atoms with E-state index in [9.17, 15) is 24.6 Å². The summed E-state index contributed by atoms with van der Waals surface area (Å²) >= 11 is 0. The van der Waals surface area contributed by atoms with Crippen LogP contribution in [0.15, 0.2) is 42.5 Å². The van der Waals surface area contributed by atoms with Gasteiger partial charge in [0, 0.05) is 17.8 Å². The number of hydrogen-bond donors (Lipinski definition) is 4. The highest BCUT2D eigenvalue weighted by molar-refractivity contribution is 6.00. The van der Waals surface area contributed by atoms with Gasteiger partial charge in [-0.3, -0.25) is 9.59 Å². The molecule has 9 nitrogen and oxygen atoms in total. The summed E-state index contributed by atoms with van der Waals surface area (Å²) in [5, 5.41) is 26.2. The average molecular weight is 528 g/mol. The van der Waals surface area contributed by atoms with Gasteiger partial charge in [-0.25, -0.2) is 4.79 Å². The van der Waals surface area contributed by atoms with Crippen LogP contribution in [0.4, 0.5) is 10.5 Å². The third-order valence-corrected chi connectivity index (χ3v) is 5.84. The van der Waals surface area contributed by atoms with Crippen LogP contribution < -0.4 is 10.6 Å². The number of carbonyl (C=O) groups excluding carboxylic acids is 3. The molecule has 0 fully saturated rings. The van der Waals surface area contributed by atoms with Crippen molar-refractivity contribution in [2.45, 2.75) is 72.6 Å². The summed E-state index contributed by atoms with van der Waals surface area (Å²) in [6.07, 6.45) is -0.494. The summed E-state index contributed by atoms with van der Waals surface area (Å²) in [6, 6.07) is 9.53. The Morgan fingerprint density at radius 3 is 2.13 bits per heavy atom. The number of aromatic hydroxyl groups is 1. The number of para-hydroxylation sites is 2. The van der Waals surface area contributed by atoms with Crippen LogP contribution in [0.25, 0.3) is 0 Å². The van der Waals surface area contributed by atoms with Crippen LogP contribution >= 0.6 is 0 Å². The lowest BCUT2D eigenvalue weighted by Gasteiger charge is -2.35. The highest BCUT2D eigenvalue weighted by atomic mass is 16.6. The molecule has 2 atom stereocenters. The number of aliphatic hydroxyl groups is 1. The Labute approximate surface area is 225 Å². The van der Waals surface area contributed by atoms with Crippen LogP contribution in [0.5, 0.6) is 5.75 Å². The largest absolute Gasteiger partial charge is 0.508 e. The number of rotatable bonds is 10. The van der Waals surface area contributed by atoms with E-state index in [4.69, 9.17) is 4.74 Å². The number of hydrogen-bond acceptors (Lipinski definition) is 6. The topological polar surface area (TPSA) is 128 Å². The van der Waals surface area contributed by atoms with Gasteiger partial charge in [-0.2, -0.15) is 0 Å². The Morgan fingerprint density at radius 2 is 1.61 bits per heavy atom. The van der Waals surface area contributed by atoms with E-state index in [1.165, 1.54) is 11.0 Å². The molecule has 2 rings (SSSR count). The van der Waals surface area contributed by atoms with Crippen LogP contribution in [-0.2, 0) is 14.3 Å². The van der Waals surface area contributed by atoms with E-state index in [-0.39, 0.29) is 30.2 Å². The van der Waals surface area contributed by atoms with Crippen molar-refractivity contribution in [1.82, 2.24) is 10.2 Å². The van der Waals surface area contributed by atoms with Crippen molar-refractivity contribution in [1.29, 1.82) is 0 Å². The van der Waals surface area contributed by atoms with Crippen molar-refractivity contribution in [2.24, 2.45) is 5.92 Å². The van der Waals surface area contributed by atoms with Gasteiger partial charge in [0.25, 0.3) is 5.91 Å². The van der Waals surface area contributed by atoms with E-state index >= 15 is 0 Å². The highest BCUT2D eigenvalue weighted by Gasteiger charge is 2.37. The molecule has 0 aromatic heterocycles. The summed E-state index contributed by atoms with van der Waals surface area (Å²) in [5.41, 5.74) is 1.68. The van der Waals surface area contributed by atoms with Crippen molar-refractivity contribution in [3.8, 4) is 5.75 Å². The number of phenolic OH excluding ortho intramolecular Hbond substituents is 1. The third-order valence-electron chi connectivity index (χ3n) is 5.84. The molecule has 0 aliphatic rings. The van der Waals surface area contributed by atoms with E-state index in [1.807, 2.05) is 45.9 Å². The summed E-state index contributed by atoms with van der Waals surface area (Å²) in [7, 11) is 0. The standard InChI is InChI=1S/C29H41N3O6/c1-18(2)17-22(30-28(37)38-29(5,6)7)27(36)32(15-16-33)25(21-13-8-9-14-23(21)34)26(35)31-24-19(3)11-10-12-20(24)4/h8-14,18,22,25,33-34H,15-17H2,1-7H3,(H,30,37)(H,31,35). The molecule has 0 spiro atoms. The highest BCUT2D eigenvalue weighted by Crippen LogP contribution is 2.32. The van der Waals surface area contributed by atoms with E-state index in [0.717, 1.165) is 11.1 Å². The molecule has 9 heteroatoms. The average Bonchev–Trinajstić information content (AvgIpc) is 2.80. The first kappa shape index (κ1) is 30.6. The second-order valence-corrected chi connectivity index (χ2v) is 10.8. The Kier molecular flexibility index (Phi) is 10.7. The molecule has 0 saturated heterocycles. The summed E-state index contributed by atoms with van der Waals surface area (Å²) in [5.74, 6) is -1.30. The number of amides is 3. The van der Waals surface area contributed by atoms with Crippen molar-refractivity contribution in [3.05, 3.63) is 59.2 Å². The minimum Gasteiger partial charge on any atom is -0.508 e. The van der Waals surface area contributed by atoms with E-state index in [2.05, 4.69) is 10.6 Å². The zero-order valence-corrected chi connectivity index (χ0v) is 23.4. The Hall–Kier alpha value is -3.59. The van der Waals surface area contributed by atoms with Crippen LogP contribution in [-0.4, -0.2) is 57.8 Å². The number of ether oxygens (including phenoxy) is 1. The molecule has 2 unspecified atom stereocenters. The Bertz CT molecular complexity index is 1110. The lowest BCUT2D eigenvalue weighted by atomic mass is 9.98. The van der Waals surface area contributed by atoms with Gasteiger partial charge in [0.15, 0.2) is 0 Å². The summed E-state index contributed by atoms with van der Waals surface area (Å²) in [6.45, 7) is 12.0. The lowest BCUT2D eigenvalue weighted by molar-refractivity contribution is -0.141. The molecule has 208 valence electrons. The number of anilines is 1. The predicted octanol–water partition coefficient (Wildman–Crippen LogP) is 4.45. The Morgan fingerprint density at radius 1 is 1.00 bits per heavy atom. The van der Waals surface area contributed by atoms with Gasteiger partial charge in [0.05, 0.1) is 6.61 Å². The van der Waals surface area contributed by atoms with Crippen LogP contribution in [0.1, 0.15) is 63.8 Å². The second-order valence-electron chi connectivity index (χ2n) is 10.8. The molecule has 2 aromatic rings. The number of alkyl carbamates (subject to hydrolysis) is 1. The number of benzene rings is 2. The minimum atomic E-state index is -1.29. The van der Waals surface area contributed by atoms with Crippen molar-refractivity contribution in [3.63, 3.8) is 0 Å². The Balaban J connectivity index is 2.55. The second kappa shape index (κ2) is 13.3. The maximum absolute atomic E-state index is 14.0. The maximum atomic E-state index is 14.0. The first-order valence-corrected chi connectivity index (χ1v) is 12.8. The monoisotopic (exact) mass is 527 g/mol. The number of phenols is 1. The normalized spacial score (nSPS) is 13.0. The fourth-order valence-corrected chi connectivity index (χ4v) is 4.19. The van der Waals surface area contributed by atoms with E-state index in [0.29, 0.717) is 5.69 Å². The summed E-state index contributed by atoms with van der Waals surface area (Å²) in [4.78, 5) is 41.6. The molecule has 0 aliphatic heterocycles. The molecule has 0 saturated carbocycles. The van der Waals surface area contributed by atoms with Gasteiger partial charge in [-0.1, -0.05) is 50.2 Å². The van der Waals surface area contributed by atoms with Gasteiger partial charge >= 0.3 is 6.09 Å². The zero-order chi connectivity index (χ0) is 28.6. The molecule has 0 aliphatic carbocycles. The fourth-order valence-electron chi connectivity index (χ4n) is 4.19. The van der Waals surface area contributed by atoms with Crippen molar-refractivity contribution >= 4 is 23.6 Å². The molecule has 3 amide bonds. The SMILES string of the molecule is Cc1cccc(C)c1NC(=O)C(c1ccccc1O)N(CCO)C(=O)C(CC(C)C)NC(=O)OC(C)(C)C. The molecule has 0 heterocycles. The number of aryl methyl sites for hydroxylation is 2. The molecule has 0 bridgehead atoms. The minimum absolute atomic E-state index is 0.0156. The molecular formula is C29H41N3O6. The van der Waals surface area contributed by atoms with Gasteiger partial charge in [0.2, 0.25) is 5.91 Å². The van der Waals surface area contributed by atoms with Crippen LogP contribution in [0.3, 0.4) is 0 Å². The molecule has 38 heavy (non-hydrogen) atoms. The lowest BCUT2D eigenvalue weighted by Crippen LogP contribution is -2.53. The molecule has 0 radical (unpaired) electrons.